The number of carbonyl (C=O) groups excluding carboxylic acids is 1. The fourth-order valence-electron chi connectivity index (χ4n) is 2.44. The third kappa shape index (κ3) is 4.84. The number of rotatable bonds is 5. The quantitative estimate of drug-likeness (QED) is 0.839. The molecule has 7 heteroatoms. The minimum absolute atomic E-state index is 0.207. The maximum Gasteiger partial charge on any atom is 0.244 e. The van der Waals surface area contributed by atoms with Crippen molar-refractivity contribution >= 4 is 17.8 Å². The fourth-order valence-corrected chi connectivity index (χ4v) is 2.44. The van der Waals surface area contributed by atoms with E-state index < -0.39 is 0 Å². The molecule has 0 spiro atoms. The molecule has 1 N–H and O–H groups in total. The number of halogens is 1. The fraction of sp³-hybridized carbons (Fsp3) is 0.278. The number of amides is 1. The topological polar surface area (TPSA) is 67.4 Å². The van der Waals surface area contributed by atoms with Gasteiger partial charge in [0, 0.05) is 30.9 Å². The summed E-state index contributed by atoms with van der Waals surface area (Å²) in [6.07, 6.45) is 4.41. The molecule has 6 nitrogen and oxygen atoms in total. The molecule has 130 valence electrons. The number of hydrogen-bond acceptors (Lipinski definition) is 5. The summed E-state index contributed by atoms with van der Waals surface area (Å²) in [5, 5.41) is 2.70. The third-order valence-corrected chi connectivity index (χ3v) is 3.77. The predicted molar refractivity (Wildman–Crippen MR) is 92.3 cm³/mol. The Morgan fingerprint density at radius 2 is 2.08 bits per heavy atom. The van der Waals surface area contributed by atoms with Crippen molar-refractivity contribution in [3.05, 3.63) is 59.8 Å². The van der Waals surface area contributed by atoms with Gasteiger partial charge in [-0.25, -0.2) is 14.4 Å². The van der Waals surface area contributed by atoms with Gasteiger partial charge in [-0.2, -0.15) is 0 Å². The highest BCUT2D eigenvalue weighted by Crippen LogP contribution is 2.12. The van der Waals surface area contributed by atoms with Crippen molar-refractivity contribution in [3.63, 3.8) is 0 Å². The first kappa shape index (κ1) is 17.0. The molecule has 0 saturated carbocycles. The molecule has 0 aliphatic carbocycles. The maximum absolute atomic E-state index is 13.5. The minimum atomic E-state index is -0.368. The van der Waals surface area contributed by atoms with E-state index in [-0.39, 0.29) is 18.3 Å². The van der Waals surface area contributed by atoms with Gasteiger partial charge in [-0.05, 0) is 18.2 Å². The van der Waals surface area contributed by atoms with E-state index in [0.29, 0.717) is 24.6 Å². The van der Waals surface area contributed by atoms with Crippen LogP contribution in [0.3, 0.4) is 0 Å². The summed E-state index contributed by atoms with van der Waals surface area (Å²) in [6.45, 7) is 3.13. The molecule has 2 aromatic rings. The number of carbonyl (C=O) groups is 1. The molecule has 1 amide bonds. The number of aromatic nitrogens is 2. The van der Waals surface area contributed by atoms with Crippen LogP contribution < -0.4 is 10.2 Å². The van der Waals surface area contributed by atoms with Gasteiger partial charge in [0.2, 0.25) is 5.91 Å². The van der Waals surface area contributed by atoms with Crippen LogP contribution in [0.1, 0.15) is 11.4 Å². The van der Waals surface area contributed by atoms with Crippen molar-refractivity contribution in [2.24, 2.45) is 0 Å². The lowest BCUT2D eigenvalue weighted by atomic mass is 10.2. The van der Waals surface area contributed by atoms with Crippen LogP contribution in [-0.2, 0) is 16.1 Å². The van der Waals surface area contributed by atoms with E-state index >= 15 is 0 Å². The van der Waals surface area contributed by atoms with Gasteiger partial charge in [-0.15, -0.1) is 0 Å². The van der Waals surface area contributed by atoms with Crippen molar-refractivity contribution in [3.8, 4) is 0 Å². The Bertz CT molecular complexity index is 760. The Balaban J connectivity index is 1.56. The summed E-state index contributed by atoms with van der Waals surface area (Å²) in [7, 11) is 0. The number of benzene rings is 1. The van der Waals surface area contributed by atoms with Gasteiger partial charge < -0.3 is 15.0 Å². The number of anilines is 1. The lowest BCUT2D eigenvalue weighted by Crippen LogP contribution is -2.37. The summed E-state index contributed by atoms with van der Waals surface area (Å²) in [5.41, 5.74) is 0.364. The van der Waals surface area contributed by atoms with Crippen molar-refractivity contribution in [2.45, 2.75) is 6.54 Å². The molecular weight excluding hydrogens is 323 g/mol. The standard InChI is InChI=1S/C18H19FN4O2/c19-15-4-2-1-3-14(15)5-6-18(24)21-13-16-20-8-7-17(22-16)23-9-11-25-12-10-23/h1-8H,9-13H2,(H,21,24)/b6-5+. The molecule has 1 saturated heterocycles. The monoisotopic (exact) mass is 342 g/mol. The third-order valence-electron chi connectivity index (χ3n) is 3.77. The van der Waals surface area contributed by atoms with E-state index in [9.17, 15) is 9.18 Å². The van der Waals surface area contributed by atoms with Gasteiger partial charge in [0.05, 0.1) is 19.8 Å². The summed E-state index contributed by atoms with van der Waals surface area (Å²) in [4.78, 5) is 22.6. The Morgan fingerprint density at radius 1 is 1.28 bits per heavy atom. The number of ether oxygens (including phenoxy) is 1. The second-order valence-corrected chi connectivity index (χ2v) is 5.50. The van der Waals surface area contributed by atoms with Crippen LogP contribution in [0.4, 0.5) is 10.2 Å². The normalized spacial score (nSPS) is 14.7. The second-order valence-electron chi connectivity index (χ2n) is 5.50. The van der Waals surface area contributed by atoms with Gasteiger partial charge in [0.25, 0.3) is 0 Å². The van der Waals surface area contributed by atoms with Crippen LogP contribution in [0.5, 0.6) is 0 Å². The zero-order valence-corrected chi connectivity index (χ0v) is 13.7. The summed E-state index contributed by atoms with van der Waals surface area (Å²) in [5.74, 6) is 0.651. The second kappa shape index (κ2) is 8.34. The maximum atomic E-state index is 13.5. The van der Waals surface area contributed by atoms with Crippen LogP contribution in [0.15, 0.2) is 42.6 Å². The van der Waals surface area contributed by atoms with Crippen molar-refractivity contribution in [2.75, 3.05) is 31.2 Å². The molecule has 1 aromatic heterocycles. The lowest BCUT2D eigenvalue weighted by Gasteiger charge is -2.27. The molecule has 0 unspecified atom stereocenters. The number of nitrogens with zero attached hydrogens (tertiary/aromatic N) is 3. The molecule has 1 aliphatic heterocycles. The van der Waals surface area contributed by atoms with E-state index in [1.54, 1.807) is 24.4 Å². The zero-order chi connectivity index (χ0) is 17.5. The predicted octanol–water partition coefficient (Wildman–Crippen LogP) is 1.78. The van der Waals surface area contributed by atoms with Crippen LogP contribution in [0, 0.1) is 5.82 Å². The molecule has 0 radical (unpaired) electrons. The first-order chi connectivity index (χ1) is 12.2. The first-order valence-electron chi connectivity index (χ1n) is 8.07. The minimum Gasteiger partial charge on any atom is -0.378 e. The molecule has 0 bridgehead atoms. The number of morpholine rings is 1. The van der Waals surface area contributed by atoms with E-state index in [4.69, 9.17) is 4.74 Å². The average Bonchev–Trinajstić information content (AvgIpc) is 2.67. The van der Waals surface area contributed by atoms with Gasteiger partial charge in [0.1, 0.15) is 17.5 Å². The zero-order valence-electron chi connectivity index (χ0n) is 13.7. The molecule has 3 rings (SSSR count). The first-order valence-corrected chi connectivity index (χ1v) is 8.07. The number of hydrogen-bond donors (Lipinski definition) is 1. The van der Waals surface area contributed by atoms with Crippen molar-refractivity contribution < 1.29 is 13.9 Å². The Labute approximate surface area is 145 Å². The highest BCUT2D eigenvalue weighted by Gasteiger charge is 2.13. The van der Waals surface area contributed by atoms with Crippen LogP contribution in [-0.4, -0.2) is 42.2 Å². The molecule has 1 aliphatic rings. The summed E-state index contributed by atoms with van der Waals surface area (Å²) >= 11 is 0. The van der Waals surface area contributed by atoms with E-state index in [0.717, 1.165) is 18.9 Å². The van der Waals surface area contributed by atoms with E-state index in [2.05, 4.69) is 20.2 Å². The summed E-state index contributed by atoms with van der Waals surface area (Å²) in [6, 6.07) is 8.11. The van der Waals surface area contributed by atoms with E-state index in [1.165, 1.54) is 18.2 Å². The molecule has 0 atom stereocenters. The lowest BCUT2D eigenvalue weighted by molar-refractivity contribution is -0.116. The smallest absolute Gasteiger partial charge is 0.244 e. The van der Waals surface area contributed by atoms with Crippen molar-refractivity contribution in [1.29, 1.82) is 0 Å². The highest BCUT2D eigenvalue weighted by molar-refractivity contribution is 5.91. The number of nitrogens with one attached hydrogen (secondary N) is 1. The van der Waals surface area contributed by atoms with Crippen LogP contribution >= 0.6 is 0 Å². The highest BCUT2D eigenvalue weighted by atomic mass is 19.1. The average molecular weight is 342 g/mol. The SMILES string of the molecule is O=C(/C=C/c1ccccc1F)NCc1nccc(N2CCOCC2)n1. The van der Waals surface area contributed by atoms with Gasteiger partial charge in [0.15, 0.2) is 0 Å². The molecule has 2 heterocycles. The van der Waals surface area contributed by atoms with Gasteiger partial charge in [-0.3, -0.25) is 4.79 Å². The molecular formula is C18H19FN4O2. The largest absolute Gasteiger partial charge is 0.378 e. The van der Waals surface area contributed by atoms with Crippen LogP contribution in [0.25, 0.3) is 6.08 Å². The Kier molecular flexibility index (Phi) is 5.69. The van der Waals surface area contributed by atoms with Gasteiger partial charge >= 0.3 is 0 Å². The molecule has 1 fully saturated rings. The molecule has 25 heavy (non-hydrogen) atoms. The van der Waals surface area contributed by atoms with E-state index in [1.807, 2.05) is 6.07 Å². The van der Waals surface area contributed by atoms with Gasteiger partial charge in [-0.1, -0.05) is 18.2 Å². The molecule has 1 aromatic carbocycles. The Hall–Kier alpha value is -2.80. The van der Waals surface area contributed by atoms with Crippen molar-refractivity contribution in [1.82, 2.24) is 15.3 Å². The Morgan fingerprint density at radius 3 is 2.88 bits per heavy atom. The van der Waals surface area contributed by atoms with Crippen LogP contribution in [0.2, 0.25) is 0 Å². The summed E-state index contributed by atoms with van der Waals surface area (Å²) < 4.78 is 18.8.